The van der Waals surface area contributed by atoms with Crippen LogP contribution in [-0.2, 0) is 20.9 Å². The SMILES string of the molecule is COc1cc(/C=C/C(=O)OC(C(=O)NC2CC2)c2ccccc2)ccc1OCc1c(C)noc1C. The number of methoxy groups -OCH3 is 1. The van der Waals surface area contributed by atoms with Crippen molar-refractivity contribution in [3.05, 3.63) is 82.8 Å². The minimum Gasteiger partial charge on any atom is -0.493 e. The summed E-state index contributed by atoms with van der Waals surface area (Å²) in [5, 5.41) is 6.83. The van der Waals surface area contributed by atoms with Gasteiger partial charge in [0.25, 0.3) is 5.91 Å². The van der Waals surface area contributed by atoms with Crippen molar-refractivity contribution in [3.63, 3.8) is 0 Å². The highest BCUT2D eigenvalue weighted by molar-refractivity contribution is 5.91. The molecular formula is C27H28N2O6. The van der Waals surface area contributed by atoms with E-state index in [1.165, 1.54) is 6.08 Å². The van der Waals surface area contributed by atoms with Gasteiger partial charge in [-0.2, -0.15) is 0 Å². The highest BCUT2D eigenvalue weighted by Gasteiger charge is 2.30. The molecule has 1 aliphatic rings. The maximum absolute atomic E-state index is 12.7. The van der Waals surface area contributed by atoms with Crippen LogP contribution >= 0.6 is 0 Å². The molecule has 182 valence electrons. The normalized spacial score (nSPS) is 13.9. The number of aromatic nitrogens is 1. The van der Waals surface area contributed by atoms with Crippen LogP contribution in [0.25, 0.3) is 6.08 Å². The maximum atomic E-state index is 12.7. The van der Waals surface area contributed by atoms with Gasteiger partial charge in [0.1, 0.15) is 12.4 Å². The first-order valence-corrected chi connectivity index (χ1v) is 11.4. The van der Waals surface area contributed by atoms with E-state index in [4.69, 9.17) is 18.7 Å². The molecule has 1 unspecified atom stereocenters. The van der Waals surface area contributed by atoms with Gasteiger partial charge < -0.3 is 24.1 Å². The Labute approximate surface area is 203 Å². The van der Waals surface area contributed by atoms with Crippen LogP contribution in [0.5, 0.6) is 11.5 Å². The molecule has 4 rings (SSSR count). The van der Waals surface area contributed by atoms with Crippen LogP contribution in [0, 0.1) is 13.8 Å². The molecule has 0 bridgehead atoms. The number of aryl methyl sites for hydroxylation is 2. The fourth-order valence-electron chi connectivity index (χ4n) is 3.49. The van der Waals surface area contributed by atoms with Gasteiger partial charge in [-0.1, -0.05) is 41.6 Å². The van der Waals surface area contributed by atoms with Crippen LogP contribution in [0.3, 0.4) is 0 Å². The quantitative estimate of drug-likeness (QED) is 0.341. The molecule has 8 nitrogen and oxygen atoms in total. The van der Waals surface area contributed by atoms with E-state index in [1.807, 2.05) is 19.9 Å². The molecule has 1 aromatic heterocycles. The van der Waals surface area contributed by atoms with E-state index in [9.17, 15) is 9.59 Å². The van der Waals surface area contributed by atoms with E-state index >= 15 is 0 Å². The Morgan fingerprint density at radius 1 is 1.14 bits per heavy atom. The van der Waals surface area contributed by atoms with E-state index in [0.717, 1.165) is 24.1 Å². The van der Waals surface area contributed by atoms with Gasteiger partial charge in [0.2, 0.25) is 6.10 Å². The Morgan fingerprint density at radius 3 is 2.57 bits per heavy atom. The van der Waals surface area contributed by atoms with E-state index in [1.54, 1.807) is 55.7 Å². The molecule has 1 N–H and O–H groups in total. The van der Waals surface area contributed by atoms with Crippen LogP contribution in [-0.4, -0.2) is 30.2 Å². The largest absolute Gasteiger partial charge is 0.493 e. The number of esters is 1. The summed E-state index contributed by atoms with van der Waals surface area (Å²) in [7, 11) is 1.54. The van der Waals surface area contributed by atoms with Gasteiger partial charge in [0.05, 0.1) is 18.4 Å². The predicted molar refractivity (Wildman–Crippen MR) is 129 cm³/mol. The Hall–Kier alpha value is -4.07. The predicted octanol–water partition coefficient (Wildman–Crippen LogP) is 4.46. The molecule has 2 aromatic carbocycles. The van der Waals surface area contributed by atoms with Crippen molar-refractivity contribution in [1.29, 1.82) is 0 Å². The summed E-state index contributed by atoms with van der Waals surface area (Å²) < 4.78 is 22.0. The molecular weight excluding hydrogens is 448 g/mol. The second-order valence-corrected chi connectivity index (χ2v) is 8.35. The van der Waals surface area contributed by atoms with Gasteiger partial charge in [-0.25, -0.2) is 4.79 Å². The van der Waals surface area contributed by atoms with E-state index in [-0.39, 0.29) is 11.9 Å². The van der Waals surface area contributed by atoms with Gasteiger partial charge in [-0.3, -0.25) is 4.79 Å². The fourth-order valence-corrected chi connectivity index (χ4v) is 3.49. The van der Waals surface area contributed by atoms with Crippen molar-refractivity contribution < 1.29 is 28.3 Å². The zero-order chi connectivity index (χ0) is 24.8. The van der Waals surface area contributed by atoms with Crippen LogP contribution in [0.4, 0.5) is 0 Å². The number of nitrogens with zero attached hydrogens (tertiary/aromatic N) is 1. The first kappa shape index (κ1) is 24.1. The average Bonchev–Trinajstić information content (AvgIpc) is 3.63. The van der Waals surface area contributed by atoms with Crippen LogP contribution < -0.4 is 14.8 Å². The summed E-state index contributed by atoms with van der Waals surface area (Å²) in [5.41, 5.74) is 2.99. The number of hydrogen-bond donors (Lipinski definition) is 1. The van der Waals surface area contributed by atoms with Crippen molar-refractivity contribution in [2.45, 2.75) is 45.4 Å². The molecule has 1 heterocycles. The lowest BCUT2D eigenvalue weighted by Crippen LogP contribution is -2.33. The van der Waals surface area contributed by atoms with Crippen molar-refractivity contribution in [2.75, 3.05) is 7.11 Å². The van der Waals surface area contributed by atoms with E-state index in [2.05, 4.69) is 10.5 Å². The van der Waals surface area contributed by atoms with Gasteiger partial charge in [-0.15, -0.1) is 0 Å². The van der Waals surface area contributed by atoms with E-state index in [0.29, 0.717) is 35.0 Å². The number of amides is 1. The molecule has 35 heavy (non-hydrogen) atoms. The van der Waals surface area contributed by atoms with Crippen molar-refractivity contribution in [2.24, 2.45) is 0 Å². The molecule has 3 aromatic rings. The number of benzene rings is 2. The monoisotopic (exact) mass is 476 g/mol. The molecule has 1 atom stereocenters. The number of carbonyl (C=O) groups excluding carboxylic acids is 2. The minimum absolute atomic E-state index is 0.161. The lowest BCUT2D eigenvalue weighted by molar-refractivity contribution is -0.151. The first-order valence-electron chi connectivity index (χ1n) is 11.4. The Bertz CT molecular complexity index is 1190. The molecule has 1 aliphatic carbocycles. The molecule has 1 amide bonds. The molecule has 0 radical (unpaired) electrons. The number of ether oxygens (including phenoxy) is 3. The van der Waals surface area contributed by atoms with Crippen LogP contribution in [0.15, 0.2) is 59.1 Å². The third-order valence-electron chi connectivity index (χ3n) is 5.65. The van der Waals surface area contributed by atoms with Gasteiger partial charge in [-0.05, 0) is 50.5 Å². The summed E-state index contributed by atoms with van der Waals surface area (Å²) in [4.78, 5) is 25.2. The summed E-state index contributed by atoms with van der Waals surface area (Å²) in [6.07, 6.45) is 3.77. The molecule has 1 fully saturated rings. The minimum atomic E-state index is -1.01. The third-order valence-corrected chi connectivity index (χ3v) is 5.65. The number of rotatable bonds is 10. The number of nitrogens with one attached hydrogen (secondary N) is 1. The van der Waals surface area contributed by atoms with Crippen molar-refractivity contribution in [3.8, 4) is 11.5 Å². The number of carbonyl (C=O) groups is 2. The Morgan fingerprint density at radius 2 is 1.91 bits per heavy atom. The summed E-state index contributed by atoms with van der Waals surface area (Å²) in [6.45, 7) is 3.99. The molecule has 1 saturated carbocycles. The zero-order valence-corrected chi connectivity index (χ0v) is 19.9. The second kappa shape index (κ2) is 10.9. The second-order valence-electron chi connectivity index (χ2n) is 8.35. The van der Waals surface area contributed by atoms with Crippen LogP contribution in [0.1, 0.15) is 47.1 Å². The van der Waals surface area contributed by atoms with Crippen molar-refractivity contribution in [1.82, 2.24) is 10.5 Å². The fraction of sp³-hybridized carbons (Fsp3) is 0.296. The third kappa shape index (κ3) is 6.29. The van der Waals surface area contributed by atoms with Gasteiger partial charge in [0.15, 0.2) is 11.5 Å². The zero-order valence-electron chi connectivity index (χ0n) is 19.9. The van der Waals surface area contributed by atoms with Gasteiger partial charge >= 0.3 is 5.97 Å². The average molecular weight is 477 g/mol. The highest BCUT2D eigenvalue weighted by atomic mass is 16.5. The first-order chi connectivity index (χ1) is 16.9. The molecule has 0 saturated heterocycles. The molecule has 8 heteroatoms. The maximum Gasteiger partial charge on any atom is 0.331 e. The lowest BCUT2D eigenvalue weighted by Gasteiger charge is -2.17. The van der Waals surface area contributed by atoms with Crippen LogP contribution in [0.2, 0.25) is 0 Å². The Balaban J connectivity index is 1.42. The standard InChI is InChI=1S/C27H28N2O6/c1-17-22(18(2)35-29-17)16-33-23-13-9-19(15-24(23)32-3)10-14-25(30)34-26(20-7-5-4-6-8-20)27(31)28-21-11-12-21/h4-10,13-15,21,26H,11-12,16H2,1-3H3,(H,28,31)/b14-10+. The van der Waals surface area contributed by atoms with E-state index < -0.39 is 12.1 Å². The van der Waals surface area contributed by atoms with Gasteiger partial charge in [0, 0.05) is 17.7 Å². The smallest absolute Gasteiger partial charge is 0.331 e. The summed E-state index contributed by atoms with van der Waals surface area (Å²) in [5.74, 6) is 0.829. The lowest BCUT2D eigenvalue weighted by atomic mass is 10.1. The molecule has 0 aliphatic heterocycles. The van der Waals surface area contributed by atoms with Crippen molar-refractivity contribution >= 4 is 18.0 Å². The highest BCUT2D eigenvalue weighted by Crippen LogP contribution is 2.30. The summed E-state index contributed by atoms with van der Waals surface area (Å²) >= 11 is 0. The molecule has 0 spiro atoms. The number of hydrogen-bond acceptors (Lipinski definition) is 7. The topological polar surface area (TPSA) is 99.9 Å². The Kier molecular flexibility index (Phi) is 7.50. The summed E-state index contributed by atoms with van der Waals surface area (Å²) in [6, 6.07) is 14.4.